The van der Waals surface area contributed by atoms with E-state index in [1.165, 1.54) is 23.1 Å². The zero-order chi connectivity index (χ0) is 24.0. The number of thiophene rings is 1. The second-order valence-corrected chi connectivity index (χ2v) is 9.37. The predicted molar refractivity (Wildman–Crippen MR) is 125 cm³/mol. The summed E-state index contributed by atoms with van der Waals surface area (Å²) < 4.78 is 42.1. The fourth-order valence-electron chi connectivity index (χ4n) is 4.30. The molecule has 1 saturated heterocycles. The first-order valence-electron chi connectivity index (χ1n) is 10.8. The number of nitrogens with zero attached hydrogens (tertiary/aromatic N) is 5. The number of fused-ring (bicyclic) bond motifs is 1. The second-order valence-electron chi connectivity index (χ2n) is 8.42. The van der Waals surface area contributed by atoms with Gasteiger partial charge in [-0.05, 0) is 43.5 Å². The summed E-state index contributed by atoms with van der Waals surface area (Å²) in [5.41, 5.74) is 1.44. The summed E-state index contributed by atoms with van der Waals surface area (Å²) in [7, 11) is 0. The summed E-state index contributed by atoms with van der Waals surface area (Å²) in [6.07, 6.45) is -3.46. The van der Waals surface area contributed by atoms with Crippen LogP contribution in [-0.4, -0.2) is 51.1 Å². The van der Waals surface area contributed by atoms with E-state index in [1.807, 2.05) is 26.0 Å². The molecule has 0 aliphatic carbocycles. The van der Waals surface area contributed by atoms with E-state index in [2.05, 4.69) is 27.1 Å². The molecule has 0 saturated carbocycles. The fourth-order valence-corrected chi connectivity index (χ4v) is 4.98. The van der Waals surface area contributed by atoms with Gasteiger partial charge >= 0.3 is 6.18 Å². The molecule has 0 bridgehead atoms. The summed E-state index contributed by atoms with van der Waals surface area (Å²) in [6.45, 7) is 5.58. The molecule has 0 N–H and O–H groups in total. The van der Waals surface area contributed by atoms with E-state index >= 15 is 0 Å². The predicted octanol–water partition coefficient (Wildman–Crippen LogP) is 5.14. The maximum Gasteiger partial charge on any atom is 0.433 e. The zero-order valence-corrected chi connectivity index (χ0v) is 19.4. The van der Waals surface area contributed by atoms with E-state index in [1.54, 1.807) is 22.4 Å². The van der Waals surface area contributed by atoms with Gasteiger partial charge in [-0.15, -0.1) is 11.3 Å². The molecule has 3 aromatic heterocycles. The van der Waals surface area contributed by atoms with Crippen molar-refractivity contribution in [3.63, 3.8) is 0 Å². The van der Waals surface area contributed by atoms with Crippen molar-refractivity contribution < 1.29 is 18.0 Å². The maximum absolute atomic E-state index is 13.8. The fraction of sp³-hybridized carbons (Fsp3) is 0.292. The lowest BCUT2D eigenvalue weighted by Crippen LogP contribution is -2.53. The van der Waals surface area contributed by atoms with Gasteiger partial charge in [0.2, 0.25) is 0 Å². The molecule has 1 aromatic carbocycles. The average Bonchev–Trinajstić information content (AvgIpc) is 3.48. The summed E-state index contributed by atoms with van der Waals surface area (Å²) in [4.78, 5) is 22.3. The topological polar surface area (TPSA) is 53.7 Å². The average molecular weight is 486 g/mol. The molecule has 0 radical (unpaired) electrons. The maximum atomic E-state index is 13.8. The van der Waals surface area contributed by atoms with E-state index in [4.69, 9.17) is 0 Å². The van der Waals surface area contributed by atoms with Crippen molar-refractivity contribution >= 4 is 28.6 Å². The molecular weight excluding hydrogens is 463 g/mol. The SMILES string of the molecule is Cc1ccc(N2CCN(C(=O)c3cnn4c(C(F)(F)F)cc(-c5cccs5)nc34)CC2C)cc1. The Kier molecular flexibility index (Phi) is 5.55. The second kappa shape index (κ2) is 8.43. The number of benzene rings is 1. The van der Waals surface area contributed by atoms with Crippen LogP contribution in [0.1, 0.15) is 28.5 Å². The normalized spacial score (nSPS) is 16.9. The van der Waals surface area contributed by atoms with Gasteiger partial charge in [-0.2, -0.15) is 18.3 Å². The third kappa shape index (κ3) is 4.02. The van der Waals surface area contributed by atoms with Crippen LogP contribution in [0.15, 0.2) is 54.0 Å². The summed E-state index contributed by atoms with van der Waals surface area (Å²) in [6, 6.07) is 12.7. The van der Waals surface area contributed by atoms with Crippen molar-refractivity contribution in [1.82, 2.24) is 19.5 Å². The van der Waals surface area contributed by atoms with Crippen LogP contribution in [0.3, 0.4) is 0 Å². The van der Waals surface area contributed by atoms with Gasteiger partial charge in [0.05, 0.1) is 16.8 Å². The Morgan fingerprint density at radius 1 is 1.15 bits per heavy atom. The van der Waals surface area contributed by atoms with Crippen LogP contribution >= 0.6 is 11.3 Å². The lowest BCUT2D eigenvalue weighted by molar-refractivity contribution is -0.142. The number of halogens is 3. The zero-order valence-electron chi connectivity index (χ0n) is 18.6. The Hall–Kier alpha value is -3.40. The molecule has 1 aliphatic heterocycles. The Bertz CT molecular complexity index is 1330. The van der Waals surface area contributed by atoms with Crippen LogP contribution in [0, 0.1) is 6.92 Å². The monoisotopic (exact) mass is 485 g/mol. The Balaban J connectivity index is 1.47. The van der Waals surface area contributed by atoms with Gasteiger partial charge < -0.3 is 9.80 Å². The van der Waals surface area contributed by atoms with Crippen LogP contribution in [0.2, 0.25) is 0 Å². The van der Waals surface area contributed by atoms with Gasteiger partial charge in [-0.1, -0.05) is 23.8 Å². The first kappa shape index (κ1) is 22.4. The highest BCUT2D eigenvalue weighted by molar-refractivity contribution is 7.13. The molecule has 5 rings (SSSR count). The number of hydrogen-bond donors (Lipinski definition) is 0. The number of alkyl halides is 3. The number of aromatic nitrogens is 3. The number of hydrogen-bond acceptors (Lipinski definition) is 5. The number of piperazine rings is 1. The molecule has 4 aromatic rings. The molecule has 1 atom stereocenters. The smallest absolute Gasteiger partial charge is 0.365 e. The largest absolute Gasteiger partial charge is 0.433 e. The van der Waals surface area contributed by atoms with Crippen molar-refractivity contribution in [3.05, 3.63) is 70.9 Å². The van der Waals surface area contributed by atoms with E-state index in [9.17, 15) is 18.0 Å². The van der Waals surface area contributed by atoms with E-state index < -0.39 is 11.9 Å². The number of carbonyl (C=O) groups excluding carboxylic acids is 1. The lowest BCUT2D eigenvalue weighted by atomic mass is 10.1. The van der Waals surface area contributed by atoms with Crippen molar-refractivity contribution in [2.75, 3.05) is 24.5 Å². The minimum absolute atomic E-state index is 0.0441. The number of rotatable bonds is 3. The van der Waals surface area contributed by atoms with E-state index in [0.29, 0.717) is 24.5 Å². The van der Waals surface area contributed by atoms with Crippen LogP contribution in [0.5, 0.6) is 0 Å². The summed E-state index contributed by atoms with van der Waals surface area (Å²) >= 11 is 1.29. The number of aryl methyl sites for hydroxylation is 1. The molecule has 176 valence electrons. The Labute approximate surface area is 198 Å². The van der Waals surface area contributed by atoms with Crippen LogP contribution in [0.4, 0.5) is 18.9 Å². The highest BCUT2D eigenvalue weighted by atomic mass is 32.1. The summed E-state index contributed by atoms with van der Waals surface area (Å²) in [5, 5.41) is 5.66. The molecule has 1 fully saturated rings. The molecule has 1 unspecified atom stereocenters. The van der Waals surface area contributed by atoms with Crippen LogP contribution in [-0.2, 0) is 6.18 Å². The molecule has 34 heavy (non-hydrogen) atoms. The van der Waals surface area contributed by atoms with Crippen molar-refractivity contribution in [1.29, 1.82) is 0 Å². The molecule has 4 heterocycles. The quantitative estimate of drug-likeness (QED) is 0.404. The van der Waals surface area contributed by atoms with Crippen LogP contribution in [0.25, 0.3) is 16.2 Å². The molecule has 10 heteroatoms. The Morgan fingerprint density at radius 3 is 2.56 bits per heavy atom. The standard InChI is InChI=1S/C24H22F3N5OS/c1-15-5-7-17(8-6-15)31-10-9-30(14-16(31)2)23(33)18-13-28-32-21(24(25,26)27)12-19(29-22(18)32)20-4-3-11-34-20/h3-8,11-13,16H,9-10,14H2,1-2H3. The number of anilines is 1. The van der Waals surface area contributed by atoms with Crippen molar-refractivity contribution in [2.45, 2.75) is 26.1 Å². The molecule has 1 aliphatic rings. The highest BCUT2D eigenvalue weighted by Crippen LogP contribution is 2.34. The number of carbonyl (C=O) groups is 1. The number of amides is 1. The minimum atomic E-state index is -4.65. The molecule has 6 nitrogen and oxygen atoms in total. The van der Waals surface area contributed by atoms with Gasteiger partial charge in [-0.3, -0.25) is 4.79 Å². The van der Waals surface area contributed by atoms with Gasteiger partial charge in [0.25, 0.3) is 5.91 Å². The Morgan fingerprint density at radius 2 is 1.91 bits per heavy atom. The van der Waals surface area contributed by atoms with Gasteiger partial charge in [0, 0.05) is 31.4 Å². The lowest BCUT2D eigenvalue weighted by Gasteiger charge is -2.41. The first-order chi connectivity index (χ1) is 16.2. The van der Waals surface area contributed by atoms with Crippen LogP contribution < -0.4 is 4.90 Å². The highest BCUT2D eigenvalue weighted by Gasteiger charge is 2.37. The van der Waals surface area contributed by atoms with E-state index in [0.717, 1.165) is 16.3 Å². The van der Waals surface area contributed by atoms with Crippen molar-refractivity contribution in [2.24, 2.45) is 0 Å². The molecule has 1 amide bonds. The third-order valence-corrected chi connectivity index (χ3v) is 6.94. The van der Waals surface area contributed by atoms with E-state index in [-0.39, 0.29) is 28.9 Å². The third-order valence-electron chi connectivity index (χ3n) is 6.05. The van der Waals surface area contributed by atoms with Crippen molar-refractivity contribution in [3.8, 4) is 10.6 Å². The first-order valence-corrected chi connectivity index (χ1v) is 11.7. The van der Waals surface area contributed by atoms with Gasteiger partial charge in [0.15, 0.2) is 11.3 Å². The van der Waals surface area contributed by atoms with Gasteiger partial charge in [-0.25, -0.2) is 9.50 Å². The summed E-state index contributed by atoms with van der Waals surface area (Å²) in [5.74, 6) is -0.366. The van der Waals surface area contributed by atoms with Gasteiger partial charge in [0.1, 0.15) is 5.56 Å². The minimum Gasteiger partial charge on any atom is -0.365 e. The molecular formula is C24H22F3N5OS. The molecule has 0 spiro atoms.